The van der Waals surface area contributed by atoms with Crippen LogP contribution in [-0.2, 0) is 0 Å². The number of benzene rings is 2. The van der Waals surface area contributed by atoms with E-state index in [9.17, 15) is 9.90 Å². The number of hydrogen-bond acceptors (Lipinski definition) is 3. The molecule has 0 fully saturated rings. The van der Waals surface area contributed by atoms with Gasteiger partial charge in [-0.25, -0.2) is 0 Å². The molecule has 0 aliphatic rings. The van der Waals surface area contributed by atoms with Crippen molar-refractivity contribution in [1.29, 1.82) is 0 Å². The van der Waals surface area contributed by atoms with Crippen LogP contribution in [0.1, 0.15) is 41.6 Å². The smallest absolute Gasteiger partial charge is 0.196 e. The van der Waals surface area contributed by atoms with E-state index in [-0.39, 0.29) is 11.5 Å². The maximum atomic E-state index is 12.3. The van der Waals surface area contributed by atoms with Crippen molar-refractivity contribution >= 4 is 21.7 Å². The first kappa shape index (κ1) is 17.5. The minimum absolute atomic E-state index is 0.0457. The molecule has 2 aromatic carbocycles. The van der Waals surface area contributed by atoms with Crippen LogP contribution in [0.5, 0.6) is 11.5 Å². The zero-order valence-corrected chi connectivity index (χ0v) is 14.6. The molecule has 0 aliphatic heterocycles. The van der Waals surface area contributed by atoms with Crippen molar-refractivity contribution in [3.63, 3.8) is 0 Å². The third-order valence-corrected chi connectivity index (χ3v) is 4.11. The first-order valence-corrected chi connectivity index (χ1v) is 8.96. The van der Waals surface area contributed by atoms with Gasteiger partial charge in [-0.05, 0) is 25.0 Å². The van der Waals surface area contributed by atoms with Crippen LogP contribution in [0.15, 0.2) is 48.5 Å². The van der Waals surface area contributed by atoms with Gasteiger partial charge in [-0.3, -0.25) is 4.79 Å². The van der Waals surface area contributed by atoms with E-state index in [1.807, 2.05) is 6.07 Å². The quantitative estimate of drug-likeness (QED) is 0.382. The maximum Gasteiger partial charge on any atom is 0.196 e. The molecule has 0 amide bonds. The second kappa shape index (κ2) is 9.36. The molecule has 3 nitrogen and oxygen atoms in total. The van der Waals surface area contributed by atoms with Gasteiger partial charge in [0.15, 0.2) is 5.78 Å². The van der Waals surface area contributed by atoms with E-state index in [1.165, 1.54) is 18.9 Å². The normalized spacial score (nSPS) is 10.5. The van der Waals surface area contributed by atoms with Gasteiger partial charge < -0.3 is 9.84 Å². The number of alkyl halides is 1. The predicted octanol–water partition coefficient (Wildman–Crippen LogP) is 4.96. The van der Waals surface area contributed by atoms with E-state index in [2.05, 4.69) is 15.9 Å². The Bertz CT molecular complexity index is 626. The first-order chi connectivity index (χ1) is 11.2. The lowest BCUT2D eigenvalue weighted by Gasteiger charge is -2.09. The number of ether oxygens (including phenoxy) is 1. The molecule has 122 valence electrons. The van der Waals surface area contributed by atoms with E-state index >= 15 is 0 Å². The highest BCUT2D eigenvalue weighted by atomic mass is 79.9. The number of aromatic hydroxyl groups is 1. The molecule has 2 aromatic rings. The van der Waals surface area contributed by atoms with Gasteiger partial charge in [-0.1, -0.05) is 59.1 Å². The van der Waals surface area contributed by atoms with Gasteiger partial charge in [-0.2, -0.15) is 0 Å². The Morgan fingerprint density at radius 3 is 2.43 bits per heavy atom. The number of hydrogen-bond donors (Lipinski definition) is 1. The number of halogens is 1. The van der Waals surface area contributed by atoms with Gasteiger partial charge in [0.1, 0.15) is 11.5 Å². The van der Waals surface area contributed by atoms with Crippen LogP contribution in [-0.4, -0.2) is 22.8 Å². The van der Waals surface area contributed by atoms with E-state index < -0.39 is 0 Å². The van der Waals surface area contributed by atoms with Crippen LogP contribution in [0, 0.1) is 0 Å². The molecule has 0 bridgehead atoms. The molecule has 2 rings (SSSR count). The number of carbonyl (C=O) groups excluding carboxylic acids is 1. The van der Waals surface area contributed by atoms with Gasteiger partial charge in [0.25, 0.3) is 0 Å². The fourth-order valence-corrected chi connectivity index (χ4v) is 2.67. The summed E-state index contributed by atoms with van der Waals surface area (Å²) in [5.74, 6) is 0.354. The van der Waals surface area contributed by atoms with Crippen LogP contribution in [0.2, 0.25) is 0 Å². The average Bonchev–Trinajstić information content (AvgIpc) is 2.58. The number of phenols is 1. The maximum absolute atomic E-state index is 12.3. The lowest BCUT2D eigenvalue weighted by Crippen LogP contribution is -2.02. The number of ketones is 1. The highest BCUT2D eigenvalue weighted by Crippen LogP contribution is 2.26. The van der Waals surface area contributed by atoms with Crippen molar-refractivity contribution in [3.05, 3.63) is 59.7 Å². The third-order valence-electron chi connectivity index (χ3n) is 3.55. The Morgan fingerprint density at radius 2 is 1.74 bits per heavy atom. The van der Waals surface area contributed by atoms with Crippen molar-refractivity contribution in [2.75, 3.05) is 11.9 Å². The lowest BCUT2D eigenvalue weighted by molar-refractivity contribution is 0.103. The molecule has 0 unspecified atom stereocenters. The van der Waals surface area contributed by atoms with Gasteiger partial charge in [0.05, 0.1) is 12.2 Å². The summed E-state index contributed by atoms with van der Waals surface area (Å²) in [5, 5.41) is 11.1. The number of phenolic OH excluding ortho intramolecular Hbond substituents is 1. The van der Waals surface area contributed by atoms with Crippen LogP contribution in [0.25, 0.3) is 0 Å². The highest BCUT2D eigenvalue weighted by molar-refractivity contribution is 9.09. The SMILES string of the molecule is O=C(c1ccccc1)c1ccc(OCCCCCCBr)cc1O. The van der Waals surface area contributed by atoms with Gasteiger partial charge in [0.2, 0.25) is 0 Å². The highest BCUT2D eigenvalue weighted by Gasteiger charge is 2.13. The van der Waals surface area contributed by atoms with Crippen molar-refractivity contribution in [2.24, 2.45) is 0 Å². The number of carbonyl (C=O) groups is 1. The summed E-state index contributed by atoms with van der Waals surface area (Å²) < 4.78 is 5.62. The molecule has 0 spiro atoms. The second-order valence-electron chi connectivity index (χ2n) is 5.33. The molecular formula is C19H21BrO3. The number of rotatable bonds is 9. The standard InChI is InChI=1S/C19H21BrO3/c20-12-6-1-2-7-13-23-16-10-11-17(18(21)14-16)19(22)15-8-4-3-5-9-15/h3-5,8-11,14,21H,1-2,6-7,12-13H2. The van der Waals surface area contributed by atoms with E-state index in [0.29, 0.717) is 23.5 Å². The minimum atomic E-state index is -0.190. The zero-order chi connectivity index (χ0) is 16.5. The summed E-state index contributed by atoms with van der Waals surface area (Å²) in [6.07, 6.45) is 4.47. The zero-order valence-electron chi connectivity index (χ0n) is 13.0. The largest absolute Gasteiger partial charge is 0.507 e. The average molecular weight is 377 g/mol. The van der Waals surface area contributed by atoms with Crippen molar-refractivity contribution in [1.82, 2.24) is 0 Å². The van der Waals surface area contributed by atoms with E-state index in [0.717, 1.165) is 18.2 Å². The minimum Gasteiger partial charge on any atom is -0.507 e. The van der Waals surface area contributed by atoms with Crippen molar-refractivity contribution in [2.45, 2.75) is 25.7 Å². The molecule has 0 aromatic heterocycles. The molecule has 0 atom stereocenters. The third kappa shape index (κ3) is 5.39. The van der Waals surface area contributed by atoms with Gasteiger partial charge >= 0.3 is 0 Å². The van der Waals surface area contributed by atoms with Gasteiger partial charge in [0, 0.05) is 17.0 Å². The molecule has 0 radical (unpaired) electrons. The fourth-order valence-electron chi connectivity index (χ4n) is 2.28. The summed E-state index contributed by atoms with van der Waals surface area (Å²) >= 11 is 3.41. The van der Waals surface area contributed by atoms with Crippen LogP contribution < -0.4 is 4.74 Å². The first-order valence-electron chi connectivity index (χ1n) is 7.84. The van der Waals surface area contributed by atoms with Crippen LogP contribution in [0.4, 0.5) is 0 Å². The topological polar surface area (TPSA) is 46.5 Å². The Kier molecular flexibility index (Phi) is 7.14. The molecule has 0 saturated carbocycles. The summed E-state index contributed by atoms with van der Waals surface area (Å²) in [5.41, 5.74) is 0.851. The molecule has 0 saturated heterocycles. The van der Waals surface area contributed by atoms with Crippen molar-refractivity contribution < 1.29 is 14.6 Å². The Morgan fingerprint density at radius 1 is 1.00 bits per heavy atom. The Hall–Kier alpha value is -1.81. The molecule has 1 N–H and O–H groups in total. The van der Waals surface area contributed by atoms with Crippen LogP contribution in [0.3, 0.4) is 0 Å². The fraction of sp³-hybridized carbons (Fsp3) is 0.316. The summed E-state index contributed by atoms with van der Waals surface area (Å²) in [6, 6.07) is 13.8. The molecular weight excluding hydrogens is 356 g/mol. The summed E-state index contributed by atoms with van der Waals surface area (Å²) in [7, 11) is 0. The van der Waals surface area contributed by atoms with E-state index in [1.54, 1.807) is 36.4 Å². The number of unbranched alkanes of at least 4 members (excludes halogenated alkanes) is 3. The van der Waals surface area contributed by atoms with Crippen LogP contribution >= 0.6 is 15.9 Å². The lowest BCUT2D eigenvalue weighted by atomic mass is 10.0. The summed E-state index contributed by atoms with van der Waals surface area (Å²) in [6.45, 7) is 0.619. The van der Waals surface area contributed by atoms with E-state index in [4.69, 9.17) is 4.74 Å². The molecule has 0 aliphatic carbocycles. The Balaban J connectivity index is 1.92. The summed E-state index contributed by atoms with van der Waals surface area (Å²) in [4.78, 5) is 12.3. The Labute approximate surface area is 145 Å². The van der Waals surface area contributed by atoms with Crippen molar-refractivity contribution in [3.8, 4) is 11.5 Å². The molecule has 23 heavy (non-hydrogen) atoms. The molecule has 4 heteroatoms. The predicted molar refractivity (Wildman–Crippen MR) is 95.7 cm³/mol. The van der Waals surface area contributed by atoms with Gasteiger partial charge in [-0.15, -0.1) is 0 Å². The molecule has 0 heterocycles. The second-order valence-corrected chi connectivity index (χ2v) is 6.12. The monoisotopic (exact) mass is 376 g/mol.